The predicted molar refractivity (Wildman–Crippen MR) is 63.9 cm³/mol. The molecule has 0 spiro atoms. The minimum atomic E-state index is 0.359. The maximum absolute atomic E-state index is 8.64. The summed E-state index contributed by atoms with van der Waals surface area (Å²) in [5, 5.41) is 9.46. The van der Waals surface area contributed by atoms with Crippen molar-refractivity contribution in [2.75, 3.05) is 32.0 Å². The van der Waals surface area contributed by atoms with Crippen LogP contribution in [-0.2, 0) is 0 Å². The number of nitrogens with zero attached hydrogens (tertiary/aromatic N) is 1. The van der Waals surface area contributed by atoms with Gasteiger partial charge in [0.1, 0.15) is 0 Å². The molecular weight excluding hydrogens is 194 g/mol. The van der Waals surface area contributed by atoms with Crippen LogP contribution in [0.4, 0.5) is 0 Å². The zero-order chi connectivity index (χ0) is 10.2. The molecule has 1 aliphatic rings. The van der Waals surface area contributed by atoms with Crippen LogP contribution in [0.1, 0.15) is 32.6 Å². The molecule has 0 aliphatic carbocycles. The minimum absolute atomic E-state index is 0.359. The number of hydrogen-bond donors (Lipinski definition) is 1. The minimum Gasteiger partial charge on any atom is -0.396 e. The number of unbranched alkanes of at least 4 members (excludes halogenated alkanes) is 3. The molecule has 1 saturated heterocycles. The van der Waals surface area contributed by atoms with Crippen molar-refractivity contribution in [3.8, 4) is 0 Å². The molecule has 0 saturated carbocycles. The molecule has 2 nitrogen and oxygen atoms in total. The molecule has 0 aromatic rings. The Balaban J connectivity index is 1.95. The summed E-state index contributed by atoms with van der Waals surface area (Å²) in [6.07, 6.45) is 4.75. The third kappa shape index (κ3) is 5.23. The molecule has 1 heterocycles. The van der Waals surface area contributed by atoms with Gasteiger partial charge in [-0.25, -0.2) is 0 Å². The molecule has 0 aromatic heterocycles. The topological polar surface area (TPSA) is 23.5 Å². The Bertz CT molecular complexity index is 143. The van der Waals surface area contributed by atoms with Crippen LogP contribution in [0.15, 0.2) is 0 Å². The molecule has 84 valence electrons. The Morgan fingerprint density at radius 3 is 2.79 bits per heavy atom. The van der Waals surface area contributed by atoms with E-state index in [9.17, 15) is 0 Å². The fraction of sp³-hybridized carbons (Fsp3) is 1.00. The number of rotatable bonds is 6. The van der Waals surface area contributed by atoms with E-state index in [0.717, 1.165) is 11.7 Å². The van der Waals surface area contributed by atoms with E-state index in [0.29, 0.717) is 6.61 Å². The molecule has 14 heavy (non-hydrogen) atoms. The first-order valence-electron chi connectivity index (χ1n) is 5.77. The number of thioether (sulfide) groups is 1. The van der Waals surface area contributed by atoms with E-state index in [2.05, 4.69) is 23.6 Å². The van der Waals surface area contributed by atoms with Crippen LogP contribution in [-0.4, -0.2) is 47.3 Å². The van der Waals surface area contributed by atoms with Crippen LogP contribution in [0.25, 0.3) is 0 Å². The zero-order valence-electron chi connectivity index (χ0n) is 9.24. The van der Waals surface area contributed by atoms with E-state index in [4.69, 9.17) is 5.11 Å². The van der Waals surface area contributed by atoms with Crippen LogP contribution in [0, 0.1) is 0 Å². The van der Waals surface area contributed by atoms with Crippen molar-refractivity contribution in [1.29, 1.82) is 0 Å². The Labute approximate surface area is 92.1 Å². The summed E-state index contributed by atoms with van der Waals surface area (Å²) in [6.45, 7) is 6.48. The summed E-state index contributed by atoms with van der Waals surface area (Å²) in [6, 6.07) is 0. The summed E-state index contributed by atoms with van der Waals surface area (Å²) >= 11 is 2.09. The molecule has 0 radical (unpaired) electrons. The predicted octanol–water partition coefficient (Wildman–Crippen LogP) is 1.98. The normalized spacial score (nSPS) is 24.0. The lowest BCUT2D eigenvalue weighted by Crippen LogP contribution is -2.37. The number of aliphatic hydroxyl groups excluding tert-OH is 1. The second-order valence-corrected chi connectivity index (χ2v) is 5.67. The molecule has 1 rings (SSSR count). The van der Waals surface area contributed by atoms with E-state index in [-0.39, 0.29) is 0 Å². The van der Waals surface area contributed by atoms with Gasteiger partial charge >= 0.3 is 0 Å². The summed E-state index contributed by atoms with van der Waals surface area (Å²) in [4.78, 5) is 2.58. The second kappa shape index (κ2) is 7.55. The van der Waals surface area contributed by atoms with E-state index in [1.165, 1.54) is 44.6 Å². The highest BCUT2D eigenvalue weighted by Crippen LogP contribution is 2.18. The van der Waals surface area contributed by atoms with Gasteiger partial charge in [0.2, 0.25) is 0 Å². The summed E-state index contributed by atoms with van der Waals surface area (Å²) in [5.74, 6) is 1.30. The van der Waals surface area contributed by atoms with Crippen LogP contribution < -0.4 is 0 Å². The number of aliphatic hydroxyl groups is 1. The fourth-order valence-corrected chi connectivity index (χ4v) is 2.98. The SMILES string of the molecule is CC1CN(CCCCCCO)CCS1. The van der Waals surface area contributed by atoms with Gasteiger partial charge in [-0.3, -0.25) is 0 Å². The molecule has 0 bridgehead atoms. The molecule has 1 unspecified atom stereocenters. The Hall–Kier alpha value is 0.270. The van der Waals surface area contributed by atoms with Crippen molar-refractivity contribution in [3.63, 3.8) is 0 Å². The summed E-state index contributed by atoms with van der Waals surface area (Å²) in [5.41, 5.74) is 0. The van der Waals surface area contributed by atoms with Crippen molar-refractivity contribution in [2.24, 2.45) is 0 Å². The van der Waals surface area contributed by atoms with Crippen molar-refractivity contribution >= 4 is 11.8 Å². The van der Waals surface area contributed by atoms with E-state index < -0.39 is 0 Å². The van der Waals surface area contributed by atoms with E-state index >= 15 is 0 Å². The van der Waals surface area contributed by atoms with Gasteiger partial charge in [0.15, 0.2) is 0 Å². The lowest BCUT2D eigenvalue weighted by atomic mass is 10.2. The third-order valence-electron chi connectivity index (χ3n) is 2.71. The highest BCUT2D eigenvalue weighted by Gasteiger charge is 2.15. The van der Waals surface area contributed by atoms with Gasteiger partial charge in [-0.15, -0.1) is 0 Å². The lowest BCUT2D eigenvalue weighted by molar-refractivity contribution is 0.266. The summed E-state index contributed by atoms with van der Waals surface area (Å²) in [7, 11) is 0. The standard InChI is InChI=1S/C11H23NOS/c1-11-10-12(7-9-14-11)6-4-2-3-5-8-13/h11,13H,2-10H2,1H3. The van der Waals surface area contributed by atoms with Crippen LogP contribution in [0.2, 0.25) is 0 Å². The molecule has 3 heteroatoms. The molecule has 1 atom stereocenters. The van der Waals surface area contributed by atoms with Gasteiger partial charge in [-0.05, 0) is 19.4 Å². The second-order valence-electron chi connectivity index (χ2n) is 4.12. The Morgan fingerprint density at radius 2 is 2.07 bits per heavy atom. The van der Waals surface area contributed by atoms with Crippen molar-refractivity contribution < 1.29 is 5.11 Å². The van der Waals surface area contributed by atoms with Gasteiger partial charge in [0.25, 0.3) is 0 Å². The largest absolute Gasteiger partial charge is 0.396 e. The lowest BCUT2D eigenvalue weighted by Gasteiger charge is -2.30. The van der Waals surface area contributed by atoms with Crippen molar-refractivity contribution in [2.45, 2.75) is 37.9 Å². The summed E-state index contributed by atoms with van der Waals surface area (Å²) < 4.78 is 0. The van der Waals surface area contributed by atoms with Crippen LogP contribution in [0.5, 0.6) is 0 Å². The van der Waals surface area contributed by atoms with Crippen LogP contribution in [0.3, 0.4) is 0 Å². The molecule has 1 aliphatic heterocycles. The van der Waals surface area contributed by atoms with Gasteiger partial charge in [-0.1, -0.05) is 19.8 Å². The highest BCUT2D eigenvalue weighted by molar-refractivity contribution is 7.99. The highest BCUT2D eigenvalue weighted by atomic mass is 32.2. The zero-order valence-corrected chi connectivity index (χ0v) is 10.1. The monoisotopic (exact) mass is 217 g/mol. The van der Waals surface area contributed by atoms with Crippen molar-refractivity contribution in [3.05, 3.63) is 0 Å². The Kier molecular flexibility index (Phi) is 6.65. The third-order valence-corrected chi connectivity index (χ3v) is 3.84. The maximum Gasteiger partial charge on any atom is 0.0431 e. The smallest absolute Gasteiger partial charge is 0.0431 e. The quantitative estimate of drug-likeness (QED) is 0.688. The van der Waals surface area contributed by atoms with Crippen LogP contribution >= 0.6 is 11.8 Å². The molecular formula is C11H23NOS. The van der Waals surface area contributed by atoms with Gasteiger partial charge < -0.3 is 10.0 Å². The van der Waals surface area contributed by atoms with Gasteiger partial charge in [-0.2, -0.15) is 11.8 Å². The fourth-order valence-electron chi connectivity index (χ4n) is 1.89. The Morgan fingerprint density at radius 1 is 1.29 bits per heavy atom. The first kappa shape index (κ1) is 12.3. The number of hydrogen-bond acceptors (Lipinski definition) is 3. The maximum atomic E-state index is 8.64. The average Bonchev–Trinajstić information content (AvgIpc) is 2.18. The van der Waals surface area contributed by atoms with Gasteiger partial charge in [0, 0.05) is 30.7 Å². The average molecular weight is 217 g/mol. The molecule has 0 aromatic carbocycles. The van der Waals surface area contributed by atoms with E-state index in [1.807, 2.05) is 0 Å². The molecule has 1 fully saturated rings. The first-order valence-corrected chi connectivity index (χ1v) is 6.82. The van der Waals surface area contributed by atoms with Gasteiger partial charge in [0.05, 0.1) is 0 Å². The molecule has 0 amide bonds. The van der Waals surface area contributed by atoms with Crippen molar-refractivity contribution in [1.82, 2.24) is 4.90 Å². The molecule has 1 N–H and O–H groups in total. The first-order chi connectivity index (χ1) is 6.83. The van der Waals surface area contributed by atoms with E-state index in [1.54, 1.807) is 0 Å².